The highest BCUT2D eigenvalue weighted by atomic mass is 35.5. The molecule has 3 aromatic rings. The van der Waals surface area contributed by atoms with E-state index < -0.39 is 0 Å². The van der Waals surface area contributed by atoms with Crippen molar-refractivity contribution < 1.29 is 4.79 Å². The molecule has 1 fully saturated rings. The van der Waals surface area contributed by atoms with Crippen molar-refractivity contribution >= 4 is 39.1 Å². The molecule has 0 bridgehead atoms. The zero-order chi connectivity index (χ0) is 15.1. The lowest BCUT2D eigenvalue weighted by atomic mass is 9.98. The second-order valence-corrected chi connectivity index (χ2v) is 6.99. The molecule has 5 heteroatoms. The minimum atomic E-state index is 0.0814. The number of hydrogen-bond acceptors (Lipinski definition) is 2. The Kier molecular flexibility index (Phi) is 3.43. The van der Waals surface area contributed by atoms with Crippen LogP contribution in [0.4, 0.5) is 0 Å². The van der Waals surface area contributed by atoms with Gasteiger partial charge in [0.15, 0.2) is 0 Å². The molecule has 112 valence electrons. The van der Waals surface area contributed by atoms with E-state index in [-0.39, 0.29) is 5.91 Å². The SMILES string of the molecule is O=C(c1cc2sccc2[nH]1)N1CC[C@@H](c2ccccc2Cl)C1. The van der Waals surface area contributed by atoms with Crippen molar-refractivity contribution in [3.63, 3.8) is 0 Å². The van der Waals surface area contributed by atoms with E-state index in [1.807, 2.05) is 40.6 Å². The maximum Gasteiger partial charge on any atom is 0.270 e. The first-order chi connectivity index (χ1) is 10.7. The molecule has 1 saturated heterocycles. The van der Waals surface area contributed by atoms with Crippen LogP contribution in [0.3, 0.4) is 0 Å². The molecule has 1 amide bonds. The van der Waals surface area contributed by atoms with Crippen LogP contribution in [0.25, 0.3) is 10.2 Å². The maximum atomic E-state index is 12.6. The zero-order valence-corrected chi connectivity index (χ0v) is 13.5. The van der Waals surface area contributed by atoms with Crippen molar-refractivity contribution in [2.45, 2.75) is 12.3 Å². The Morgan fingerprint density at radius 3 is 3.00 bits per heavy atom. The van der Waals surface area contributed by atoms with Gasteiger partial charge in [0.25, 0.3) is 5.91 Å². The number of halogens is 1. The van der Waals surface area contributed by atoms with E-state index in [1.54, 1.807) is 11.3 Å². The molecule has 0 aliphatic carbocycles. The van der Waals surface area contributed by atoms with Crippen LogP contribution in [-0.2, 0) is 0 Å². The van der Waals surface area contributed by atoms with E-state index in [0.29, 0.717) is 11.6 Å². The van der Waals surface area contributed by atoms with Crippen molar-refractivity contribution in [1.82, 2.24) is 9.88 Å². The number of nitrogens with zero attached hydrogens (tertiary/aromatic N) is 1. The number of nitrogens with one attached hydrogen (secondary N) is 1. The van der Waals surface area contributed by atoms with Crippen molar-refractivity contribution in [1.29, 1.82) is 0 Å². The number of aromatic nitrogens is 1. The molecule has 3 heterocycles. The Morgan fingerprint density at radius 2 is 2.18 bits per heavy atom. The number of H-pyrrole nitrogens is 1. The minimum absolute atomic E-state index is 0.0814. The Balaban J connectivity index is 1.54. The summed E-state index contributed by atoms with van der Waals surface area (Å²) in [5.41, 5.74) is 2.86. The molecular weight excluding hydrogens is 316 g/mol. The van der Waals surface area contributed by atoms with Gasteiger partial charge < -0.3 is 9.88 Å². The molecule has 4 rings (SSSR count). The highest BCUT2D eigenvalue weighted by Crippen LogP contribution is 2.33. The first-order valence-electron chi connectivity index (χ1n) is 7.32. The molecule has 1 N–H and O–H groups in total. The lowest BCUT2D eigenvalue weighted by molar-refractivity contribution is 0.0786. The number of fused-ring (bicyclic) bond motifs is 1. The van der Waals surface area contributed by atoms with Crippen molar-refractivity contribution in [3.8, 4) is 0 Å². The largest absolute Gasteiger partial charge is 0.350 e. The summed E-state index contributed by atoms with van der Waals surface area (Å²) in [5, 5.41) is 2.82. The Morgan fingerprint density at radius 1 is 1.32 bits per heavy atom. The van der Waals surface area contributed by atoms with E-state index in [0.717, 1.165) is 40.3 Å². The van der Waals surface area contributed by atoms with Crippen LogP contribution >= 0.6 is 22.9 Å². The zero-order valence-electron chi connectivity index (χ0n) is 11.9. The monoisotopic (exact) mass is 330 g/mol. The number of hydrogen-bond donors (Lipinski definition) is 1. The second-order valence-electron chi connectivity index (χ2n) is 5.64. The van der Waals surface area contributed by atoms with E-state index in [1.165, 1.54) is 0 Å². The molecule has 1 aliphatic rings. The highest BCUT2D eigenvalue weighted by Gasteiger charge is 2.29. The van der Waals surface area contributed by atoms with Gasteiger partial charge in [-0.15, -0.1) is 11.3 Å². The quantitative estimate of drug-likeness (QED) is 0.737. The molecule has 2 aromatic heterocycles. The van der Waals surface area contributed by atoms with Crippen LogP contribution in [-0.4, -0.2) is 28.9 Å². The Labute approximate surface area is 137 Å². The summed E-state index contributed by atoms with van der Waals surface area (Å²) in [6.07, 6.45) is 0.963. The average Bonchev–Trinajstić information content (AvgIpc) is 3.22. The normalized spacial score (nSPS) is 18.2. The summed E-state index contributed by atoms with van der Waals surface area (Å²) >= 11 is 7.93. The maximum absolute atomic E-state index is 12.6. The van der Waals surface area contributed by atoms with Crippen LogP contribution in [0.1, 0.15) is 28.4 Å². The Bertz CT molecular complexity index is 809. The smallest absolute Gasteiger partial charge is 0.270 e. The minimum Gasteiger partial charge on any atom is -0.350 e. The van der Waals surface area contributed by atoms with E-state index in [4.69, 9.17) is 11.6 Å². The lowest BCUT2D eigenvalue weighted by Gasteiger charge is -2.16. The molecular formula is C17H15ClN2OS. The number of aromatic amines is 1. The summed E-state index contributed by atoms with van der Waals surface area (Å²) in [6.45, 7) is 1.51. The van der Waals surface area contributed by atoms with Gasteiger partial charge in [0, 0.05) is 24.0 Å². The summed E-state index contributed by atoms with van der Waals surface area (Å²) in [6, 6.07) is 11.9. The van der Waals surface area contributed by atoms with Crippen LogP contribution in [0.2, 0.25) is 5.02 Å². The van der Waals surface area contributed by atoms with E-state index in [2.05, 4.69) is 11.1 Å². The molecule has 1 atom stereocenters. The number of rotatable bonds is 2. The highest BCUT2D eigenvalue weighted by molar-refractivity contribution is 7.17. The molecule has 3 nitrogen and oxygen atoms in total. The first kappa shape index (κ1) is 13.9. The number of benzene rings is 1. The van der Waals surface area contributed by atoms with Gasteiger partial charge >= 0.3 is 0 Å². The van der Waals surface area contributed by atoms with Crippen molar-refractivity contribution in [3.05, 3.63) is 58.1 Å². The molecule has 1 aromatic carbocycles. The summed E-state index contributed by atoms with van der Waals surface area (Å²) < 4.78 is 1.13. The van der Waals surface area contributed by atoms with E-state index >= 15 is 0 Å². The molecule has 0 radical (unpaired) electrons. The van der Waals surface area contributed by atoms with Crippen LogP contribution in [0.15, 0.2) is 41.8 Å². The third-order valence-electron chi connectivity index (χ3n) is 4.29. The fourth-order valence-electron chi connectivity index (χ4n) is 3.14. The van der Waals surface area contributed by atoms with Crippen LogP contribution in [0.5, 0.6) is 0 Å². The summed E-state index contributed by atoms with van der Waals surface area (Å²) in [7, 11) is 0. The molecule has 0 spiro atoms. The predicted molar refractivity (Wildman–Crippen MR) is 90.9 cm³/mol. The molecule has 0 unspecified atom stereocenters. The van der Waals surface area contributed by atoms with Crippen molar-refractivity contribution in [2.24, 2.45) is 0 Å². The summed E-state index contributed by atoms with van der Waals surface area (Å²) in [4.78, 5) is 17.8. The van der Waals surface area contributed by atoms with Gasteiger partial charge in [-0.1, -0.05) is 29.8 Å². The number of amides is 1. The number of carbonyl (C=O) groups is 1. The van der Waals surface area contributed by atoms with E-state index in [9.17, 15) is 4.79 Å². The first-order valence-corrected chi connectivity index (χ1v) is 8.58. The van der Waals surface area contributed by atoms with Crippen molar-refractivity contribution in [2.75, 3.05) is 13.1 Å². The van der Waals surface area contributed by atoms with Gasteiger partial charge in [-0.3, -0.25) is 4.79 Å². The third-order valence-corrected chi connectivity index (χ3v) is 5.50. The average molecular weight is 331 g/mol. The van der Waals surface area contributed by atoms with Gasteiger partial charge in [-0.25, -0.2) is 0 Å². The number of carbonyl (C=O) groups excluding carboxylic acids is 1. The molecule has 22 heavy (non-hydrogen) atoms. The predicted octanol–water partition coefficient (Wildman–Crippen LogP) is 4.51. The van der Waals surface area contributed by atoms with Gasteiger partial charge in [0.2, 0.25) is 0 Å². The summed E-state index contributed by atoms with van der Waals surface area (Å²) in [5.74, 6) is 0.409. The van der Waals surface area contributed by atoms with Gasteiger partial charge in [-0.2, -0.15) is 0 Å². The second kappa shape index (κ2) is 5.45. The van der Waals surface area contributed by atoms with Crippen LogP contribution < -0.4 is 0 Å². The number of thiophene rings is 1. The fraction of sp³-hybridized carbons (Fsp3) is 0.235. The molecule has 1 aliphatic heterocycles. The number of likely N-dealkylation sites (tertiary alicyclic amines) is 1. The Hall–Kier alpha value is -1.78. The van der Waals surface area contributed by atoms with Gasteiger partial charge in [-0.05, 0) is 35.6 Å². The van der Waals surface area contributed by atoms with Gasteiger partial charge in [0.1, 0.15) is 5.69 Å². The molecule has 0 saturated carbocycles. The van der Waals surface area contributed by atoms with Crippen LogP contribution in [0, 0.1) is 0 Å². The standard InChI is InChI=1S/C17H15ClN2OS/c18-13-4-2-1-3-12(13)11-5-7-20(10-11)17(21)15-9-16-14(19-15)6-8-22-16/h1-4,6,8-9,11,19H,5,7,10H2/t11-/m1/s1. The third kappa shape index (κ3) is 2.32. The topological polar surface area (TPSA) is 36.1 Å². The fourth-order valence-corrected chi connectivity index (χ4v) is 4.21. The van der Waals surface area contributed by atoms with Gasteiger partial charge in [0.05, 0.1) is 10.2 Å². The lowest BCUT2D eigenvalue weighted by Crippen LogP contribution is -2.28.